The number of esters is 2. The van der Waals surface area contributed by atoms with Gasteiger partial charge in [-0.25, -0.2) is 9.88 Å². The number of nitrogens with zero attached hydrogens (tertiary/aromatic N) is 1. The van der Waals surface area contributed by atoms with Crippen molar-refractivity contribution in [1.82, 2.24) is 10.1 Å². The van der Waals surface area contributed by atoms with Crippen molar-refractivity contribution < 1.29 is 28.2 Å². The fraction of sp³-hybridized carbons (Fsp3) is 0.233. The summed E-state index contributed by atoms with van der Waals surface area (Å²) < 4.78 is 32.0. The van der Waals surface area contributed by atoms with Crippen molar-refractivity contribution in [2.45, 2.75) is 32.0 Å². The first-order chi connectivity index (χ1) is 19.4. The number of carbonyl (C=O) groups excluding carboxylic acids is 2. The zero-order chi connectivity index (χ0) is 28.4. The standard InChI is InChI=1S/C30H31N2O6PS/c1-3-16-36-29(33)26(20-24-10-8-9-15-31-24)32-39(35,38-25-11-6-5-7-12-25)21-22-13-14-27-23(18-22)19-28(40-27)30(34)37-17-4-2/h4-15,18-19,26H,2-3,16-17,20-21H2,1H3,(H,32,35)/t26-,39?/m0/s1. The molecular weight excluding hydrogens is 547 g/mol. The summed E-state index contributed by atoms with van der Waals surface area (Å²) >= 11 is 1.32. The van der Waals surface area contributed by atoms with Crippen LogP contribution in [0.5, 0.6) is 5.75 Å². The summed E-state index contributed by atoms with van der Waals surface area (Å²) in [4.78, 5) is 30.2. The molecule has 0 spiro atoms. The Balaban J connectivity index is 1.63. The number of pyridine rings is 1. The van der Waals surface area contributed by atoms with Crippen LogP contribution in [0.15, 0.2) is 91.6 Å². The number of aromatic nitrogens is 1. The maximum Gasteiger partial charge on any atom is 0.348 e. The Hall–Kier alpha value is -3.78. The highest BCUT2D eigenvalue weighted by Gasteiger charge is 2.34. The lowest BCUT2D eigenvalue weighted by molar-refractivity contribution is -0.145. The SMILES string of the molecule is C=CCOC(=O)c1cc2cc(CP(=O)(N[C@@H](Cc3ccccn3)C(=O)OCCC)Oc3ccccc3)ccc2s1. The summed E-state index contributed by atoms with van der Waals surface area (Å²) in [5.41, 5.74) is 1.36. The van der Waals surface area contributed by atoms with Gasteiger partial charge in [0.05, 0.1) is 12.8 Å². The van der Waals surface area contributed by atoms with Gasteiger partial charge in [-0.05, 0) is 59.8 Å². The van der Waals surface area contributed by atoms with Gasteiger partial charge in [0.2, 0.25) is 0 Å². The maximum absolute atomic E-state index is 14.5. The van der Waals surface area contributed by atoms with E-state index in [-0.39, 0.29) is 25.8 Å². The van der Waals surface area contributed by atoms with Gasteiger partial charge in [-0.15, -0.1) is 11.3 Å². The summed E-state index contributed by atoms with van der Waals surface area (Å²) in [6, 6.07) is 20.6. The van der Waals surface area contributed by atoms with E-state index in [2.05, 4.69) is 16.7 Å². The largest absolute Gasteiger partial charge is 0.465 e. The second-order valence-electron chi connectivity index (χ2n) is 8.98. The number of para-hydroxylation sites is 1. The molecule has 10 heteroatoms. The van der Waals surface area contributed by atoms with Gasteiger partial charge in [0.15, 0.2) is 0 Å². The van der Waals surface area contributed by atoms with Gasteiger partial charge in [0.1, 0.15) is 23.3 Å². The summed E-state index contributed by atoms with van der Waals surface area (Å²) in [5, 5.41) is 3.83. The number of benzene rings is 2. The lowest BCUT2D eigenvalue weighted by Gasteiger charge is -2.25. The minimum absolute atomic E-state index is 0.0102. The quantitative estimate of drug-likeness (QED) is 0.102. The molecule has 1 unspecified atom stereocenters. The number of thiophene rings is 1. The molecule has 0 aliphatic carbocycles. The van der Waals surface area contributed by atoms with E-state index in [4.69, 9.17) is 14.0 Å². The molecule has 0 bridgehead atoms. The monoisotopic (exact) mass is 578 g/mol. The molecule has 0 saturated carbocycles. The molecule has 4 aromatic rings. The Bertz CT molecular complexity index is 1490. The third-order valence-corrected chi connectivity index (χ3v) is 8.81. The lowest BCUT2D eigenvalue weighted by Crippen LogP contribution is -2.39. The van der Waals surface area contributed by atoms with Crippen LogP contribution >= 0.6 is 18.9 Å². The molecule has 0 aliphatic rings. The Kier molecular flexibility index (Phi) is 10.2. The molecule has 0 saturated heterocycles. The van der Waals surface area contributed by atoms with Gasteiger partial charge in [0.25, 0.3) is 0 Å². The van der Waals surface area contributed by atoms with E-state index < -0.39 is 25.5 Å². The number of hydrogen-bond donors (Lipinski definition) is 1. The first-order valence-corrected chi connectivity index (χ1v) is 15.5. The number of fused-ring (bicyclic) bond motifs is 1. The highest BCUT2D eigenvalue weighted by molar-refractivity contribution is 7.56. The second-order valence-corrected chi connectivity index (χ2v) is 12.2. The second kappa shape index (κ2) is 14.0. The Morgan fingerprint density at radius 1 is 1.07 bits per heavy atom. The van der Waals surface area contributed by atoms with E-state index >= 15 is 0 Å². The Morgan fingerprint density at radius 3 is 2.60 bits per heavy atom. The van der Waals surface area contributed by atoms with Crippen LogP contribution in [0.2, 0.25) is 0 Å². The molecule has 208 valence electrons. The van der Waals surface area contributed by atoms with Crippen molar-refractivity contribution in [1.29, 1.82) is 0 Å². The van der Waals surface area contributed by atoms with E-state index in [1.165, 1.54) is 17.4 Å². The van der Waals surface area contributed by atoms with Crippen molar-refractivity contribution in [2.24, 2.45) is 0 Å². The number of hydrogen-bond acceptors (Lipinski definition) is 8. The van der Waals surface area contributed by atoms with Crippen molar-refractivity contribution >= 4 is 40.9 Å². The van der Waals surface area contributed by atoms with Gasteiger partial charge < -0.3 is 14.0 Å². The Morgan fingerprint density at radius 2 is 1.88 bits per heavy atom. The first-order valence-electron chi connectivity index (χ1n) is 12.9. The van der Waals surface area contributed by atoms with Crippen LogP contribution < -0.4 is 9.61 Å². The average molecular weight is 579 g/mol. The molecule has 0 fully saturated rings. The summed E-state index contributed by atoms with van der Waals surface area (Å²) in [6.45, 7) is 5.84. The molecule has 2 aromatic heterocycles. The van der Waals surface area contributed by atoms with Crippen molar-refractivity contribution in [2.75, 3.05) is 13.2 Å². The third kappa shape index (κ3) is 8.11. The van der Waals surface area contributed by atoms with E-state index in [9.17, 15) is 14.2 Å². The highest BCUT2D eigenvalue weighted by Crippen LogP contribution is 2.47. The molecule has 0 radical (unpaired) electrons. The molecule has 40 heavy (non-hydrogen) atoms. The molecule has 1 N–H and O–H groups in total. The molecule has 8 nitrogen and oxygen atoms in total. The third-order valence-electron chi connectivity index (χ3n) is 5.73. The molecule has 2 heterocycles. The zero-order valence-corrected chi connectivity index (χ0v) is 23.9. The van der Waals surface area contributed by atoms with Crippen LogP contribution in [-0.4, -0.2) is 36.2 Å². The van der Waals surface area contributed by atoms with Crippen LogP contribution in [0.4, 0.5) is 0 Å². The number of rotatable bonds is 14. The van der Waals surface area contributed by atoms with E-state index in [1.807, 2.05) is 37.3 Å². The average Bonchev–Trinajstić information content (AvgIpc) is 3.39. The summed E-state index contributed by atoms with van der Waals surface area (Å²) in [7, 11) is -3.73. The van der Waals surface area contributed by atoms with E-state index in [0.717, 1.165) is 10.1 Å². The molecule has 2 atom stereocenters. The first kappa shape index (κ1) is 29.2. The van der Waals surface area contributed by atoms with Crippen molar-refractivity contribution in [3.8, 4) is 5.75 Å². The van der Waals surface area contributed by atoms with Gasteiger partial charge in [-0.1, -0.05) is 49.9 Å². The summed E-state index contributed by atoms with van der Waals surface area (Å²) in [5.74, 6) is -0.550. The Labute approximate surface area is 237 Å². The number of carbonyl (C=O) groups is 2. The van der Waals surface area contributed by atoms with Crippen LogP contribution in [0, 0.1) is 0 Å². The smallest absolute Gasteiger partial charge is 0.348 e. The van der Waals surface area contributed by atoms with Gasteiger partial charge in [-0.3, -0.25) is 14.3 Å². The topological polar surface area (TPSA) is 104 Å². The minimum Gasteiger partial charge on any atom is -0.465 e. The summed E-state index contributed by atoms with van der Waals surface area (Å²) in [6.07, 6.45) is 3.97. The van der Waals surface area contributed by atoms with Gasteiger partial charge in [-0.2, -0.15) is 0 Å². The predicted molar refractivity (Wildman–Crippen MR) is 157 cm³/mol. The number of ether oxygens (including phenoxy) is 2. The van der Waals surface area contributed by atoms with Crippen LogP contribution in [0.1, 0.15) is 34.3 Å². The molecule has 4 rings (SSSR count). The van der Waals surface area contributed by atoms with Crippen LogP contribution in [-0.2, 0) is 31.4 Å². The normalized spacial score (nSPS) is 13.2. The molecule has 0 amide bonds. The molecule has 2 aromatic carbocycles. The van der Waals surface area contributed by atoms with E-state index in [1.54, 1.807) is 48.7 Å². The van der Waals surface area contributed by atoms with Crippen LogP contribution in [0.3, 0.4) is 0 Å². The molecule has 0 aliphatic heterocycles. The predicted octanol–water partition coefficient (Wildman–Crippen LogP) is 6.57. The maximum atomic E-state index is 14.5. The van der Waals surface area contributed by atoms with Gasteiger partial charge >= 0.3 is 19.5 Å². The lowest BCUT2D eigenvalue weighted by atomic mass is 10.1. The van der Waals surface area contributed by atoms with Gasteiger partial charge in [0, 0.05) is 23.0 Å². The zero-order valence-electron chi connectivity index (χ0n) is 22.2. The highest BCUT2D eigenvalue weighted by atomic mass is 32.1. The van der Waals surface area contributed by atoms with Crippen molar-refractivity contribution in [3.63, 3.8) is 0 Å². The molecular formula is C30H31N2O6PS. The number of nitrogens with one attached hydrogen (secondary N) is 1. The van der Waals surface area contributed by atoms with Crippen molar-refractivity contribution in [3.05, 3.63) is 108 Å². The minimum atomic E-state index is -3.73. The fourth-order valence-electron chi connectivity index (χ4n) is 3.94. The fourth-order valence-corrected chi connectivity index (χ4v) is 6.90. The van der Waals surface area contributed by atoms with Crippen LogP contribution in [0.25, 0.3) is 10.1 Å². The van der Waals surface area contributed by atoms with E-state index in [0.29, 0.717) is 28.3 Å².